The number of rotatable bonds is 6. The molecule has 1 aliphatic rings. The zero-order chi connectivity index (χ0) is 16.0. The third-order valence-electron chi connectivity index (χ3n) is 4.03. The van der Waals surface area contributed by atoms with Crippen molar-refractivity contribution in [3.8, 4) is 0 Å². The number of hydrogen-bond acceptors (Lipinski definition) is 5. The number of anilines is 1. The number of nitrogens with zero attached hydrogens (tertiary/aromatic N) is 3. The average molecular weight is 303 g/mol. The Bertz CT molecular complexity index is 494. The number of allylic oxidation sites excluding steroid dienone is 1. The maximum absolute atomic E-state index is 12.3. The quantitative estimate of drug-likeness (QED) is 0.597. The number of esters is 1. The van der Waals surface area contributed by atoms with E-state index in [2.05, 4.69) is 21.4 Å². The fourth-order valence-electron chi connectivity index (χ4n) is 2.66. The Labute approximate surface area is 132 Å². The first kappa shape index (κ1) is 16.5. The van der Waals surface area contributed by atoms with Crippen LogP contribution in [0.5, 0.6) is 0 Å². The van der Waals surface area contributed by atoms with Crippen LogP contribution in [0.25, 0.3) is 0 Å². The van der Waals surface area contributed by atoms with Gasteiger partial charge in [-0.2, -0.15) is 0 Å². The normalized spacial score (nSPS) is 16.4. The van der Waals surface area contributed by atoms with Crippen LogP contribution in [0.4, 0.5) is 5.82 Å². The van der Waals surface area contributed by atoms with E-state index < -0.39 is 5.60 Å². The van der Waals surface area contributed by atoms with Crippen LogP contribution >= 0.6 is 0 Å². The Morgan fingerprint density at radius 3 is 2.77 bits per heavy atom. The molecule has 0 radical (unpaired) electrons. The Morgan fingerprint density at radius 2 is 2.18 bits per heavy atom. The Hall–Kier alpha value is -1.91. The van der Waals surface area contributed by atoms with Crippen LogP contribution in [0.3, 0.4) is 0 Å². The number of carbonyl (C=O) groups excluding carboxylic acids is 1. The lowest BCUT2D eigenvalue weighted by molar-refractivity contribution is -0.162. The Morgan fingerprint density at radius 1 is 1.45 bits per heavy atom. The summed E-state index contributed by atoms with van der Waals surface area (Å²) in [4.78, 5) is 22.9. The van der Waals surface area contributed by atoms with Crippen LogP contribution in [0, 0.1) is 5.92 Å². The van der Waals surface area contributed by atoms with E-state index in [-0.39, 0.29) is 11.9 Å². The molecule has 0 N–H and O–H groups in total. The molecule has 1 aromatic heterocycles. The minimum atomic E-state index is -0.423. The topological polar surface area (TPSA) is 55.3 Å². The highest BCUT2D eigenvalue weighted by atomic mass is 16.6. The number of hydrogen-bond donors (Lipinski definition) is 0. The van der Waals surface area contributed by atoms with Gasteiger partial charge in [0.15, 0.2) is 0 Å². The van der Waals surface area contributed by atoms with E-state index in [0.29, 0.717) is 0 Å². The first-order chi connectivity index (χ1) is 10.5. The molecule has 1 saturated heterocycles. The molecule has 0 amide bonds. The molecule has 120 valence electrons. The molecule has 22 heavy (non-hydrogen) atoms. The van der Waals surface area contributed by atoms with Crippen molar-refractivity contribution in [2.24, 2.45) is 5.92 Å². The molecule has 1 aliphatic heterocycles. The summed E-state index contributed by atoms with van der Waals surface area (Å²) in [7, 11) is 0. The van der Waals surface area contributed by atoms with Crippen molar-refractivity contribution in [1.29, 1.82) is 0 Å². The molecule has 5 heteroatoms. The number of ether oxygens (including phenoxy) is 1. The maximum Gasteiger partial charge on any atom is 0.309 e. The standard InChI is InChI=1S/C17H25N3O2/c1-4-5-8-17(2,3)22-16(21)14-6-11-20(12-7-14)15-13-18-9-10-19-15/h4,9-10,13-14H,1,5-8,11-12H2,2-3H3. The number of aromatic nitrogens is 2. The minimum absolute atomic E-state index is 0.0177. The van der Waals surface area contributed by atoms with Crippen molar-refractivity contribution in [2.75, 3.05) is 18.0 Å². The predicted octanol–water partition coefficient (Wildman–Crippen LogP) is 2.98. The Kier molecular flexibility index (Phi) is 5.52. The zero-order valence-corrected chi connectivity index (χ0v) is 13.5. The summed E-state index contributed by atoms with van der Waals surface area (Å²) in [5.41, 5.74) is -0.423. The second-order valence-electron chi connectivity index (χ2n) is 6.33. The van der Waals surface area contributed by atoms with Gasteiger partial charge in [0, 0.05) is 25.5 Å². The molecule has 1 fully saturated rings. The summed E-state index contributed by atoms with van der Waals surface area (Å²) in [5.74, 6) is 0.782. The molecule has 0 saturated carbocycles. The number of piperidine rings is 1. The van der Waals surface area contributed by atoms with Gasteiger partial charge in [0.25, 0.3) is 0 Å². The Balaban J connectivity index is 1.83. The zero-order valence-electron chi connectivity index (χ0n) is 13.5. The lowest BCUT2D eigenvalue weighted by Gasteiger charge is -2.33. The molecule has 0 bridgehead atoms. The third-order valence-corrected chi connectivity index (χ3v) is 4.03. The minimum Gasteiger partial charge on any atom is -0.459 e. The summed E-state index contributed by atoms with van der Waals surface area (Å²) in [6, 6.07) is 0. The smallest absolute Gasteiger partial charge is 0.309 e. The van der Waals surface area contributed by atoms with E-state index in [9.17, 15) is 4.79 Å². The van der Waals surface area contributed by atoms with E-state index in [0.717, 1.165) is 44.6 Å². The number of carbonyl (C=O) groups is 1. The van der Waals surface area contributed by atoms with Crippen molar-refractivity contribution >= 4 is 11.8 Å². The fraction of sp³-hybridized carbons (Fsp3) is 0.588. The summed E-state index contributed by atoms with van der Waals surface area (Å²) in [5, 5.41) is 0. The molecule has 0 aliphatic carbocycles. The maximum atomic E-state index is 12.3. The average Bonchev–Trinajstić information content (AvgIpc) is 2.53. The summed E-state index contributed by atoms with van der Waals surface area (Å²) >= 11 is 0. The van der Waals surface area contributed by atoms with E-state index in [4.69, 9.17) is 4.74 Å². The monoisotopic (exact) mass is 303 g/mol. The summed E-state index contributed by atoms with van der Waals surface area (Å²) < 4.78 is 5.69. The van der Waals surface area contributed by atoms with Gasteiger partial charge in [-0.25, -0.2) is 4.98 Å². The molecule has 0 atom stereocenters. The molecule has 1 aromatic rings. The highest BCUT2D eigenvalue weighted by Crippen LogP contribution is 2.25. The third kappa shape index (κ3) is 4.55. The first-order valence-corrected chi connectivity index (χ1v) is 7.86. The largest absolute Gasteiger partial charge is 0.459 e. The fourth-order valence-corrected chi connectivity index (χ4v) is 2.66. The molecule has 2 rings (SSSR count). The van der Waals surface area contributed by atoms with Crippen LogP contribution in [-0.4, -0.2) is 34.6 Å². The molecule has 0 aromatic carbocycles. The van der Waals surface area contributed by atoms with E-state index in [1.807, 2.05) is 19.9 Å². The van der Waals surface area contributed by atoms with Gasteiger partial charge in [0.2, 0.25) is 0 Å². The van der Waals surface area contributed by atoms with Gasteiger partial charge in [-0.15, -0.1) is 6.58 Å². The van der Waals surface area contributed by atoms with Crippen LogP contribution < -0.4 is 4.90 Å². The lowest BCUT2D eigenvalue weighted by Crippen LogP contribution is -2.39. The molecule has 5 nitrogen and oxygen atoms in total. The molecular formula is C17H25N3O2. The SMILES string of the molecule is C=CCCC(C)(C)OC(=O)C1CCN(c2cnccn2)CC1. The second-order valence-corrected chi connectivity index (χ2v) is 6.33. The molecule has 0 unspecified atom stereocenters. The summed E-state index contributed by atoms with van der Waals surface area (Å²) in [6.07, 6.45) is 10.2. The van der Waals surface area contributed by atoms with Gasteiger partial charge >= 0.3 is 5.97 Å². The van der Waals surface area contributed by atoms with E-state index >= 15 is 0 Å². The van der Waals surface area contributed by atoms with Crippen molar-refractivity contribution in [3.05, 3.63) is 31.2 Å². The van der Waals surface area contributed by atoms with E-state index in [1.165, 1.54) is 0 Å². The predicted molar refractivity (Wildman–Crippen MR) is 86.6 cm³/mol. The van der Waals surface area contributed by atoms with Crippen molar-refractivity contribution in [1.82, 2.24) is 9.97 Å². The van der Waals surface area contributed by atoms with Gasteiger partial charge < -0.3 is 9.64 Å². The first-order valence-electron chi connectivity index (χ1n) is 7.86. The van der Waals surface area contributed by atoms with Crippen molar-refractivity contribution in [2.45, 2.75) is 45.1 Å². The molecule has 0 spiro atoms. The second kappa shape index (κ2) is 7.38. The van der Waals surface area contributed by atoms with Gasteiger partial charge in [0.05, 0.1) is 12.1 Å². The lowest BCUT2D eigenvalue weighted by atomic mass is 9.96. The van der Waals surface area contributed by atoms with Gasteiger partial charge in [0.1, 0.15) is 11.4 Å². The highest BCUT2D eigenvalue weighted by molar-refractivity contribution is 5.73. The molecular weight excluding hydrogens is 278 g/mol. The van der Waals surface area contributed by atoms with Crippen molar-refractivity contribution in [3.63, 3.8) is 0 Å². The van der Waals surface area contributed by atoms with Crippen LogP contribution in [0.15, 0.2) is 31.2 Å². The highest BCUT2D eigenvalue weighted by Gasteiger charge is 2.30. The van der Waals surface area contributed by atoms with Gasteiger partial charge in [-0.05, 0) is 39.5 Å². The van der Waals surface area contributed by atoms with Crippen LogP contribution in [0.2, 0.25) is 0 Å². The van der Waals surface area contributed by atoms with Crippen LogP contribution in [0.1, 0.15) is 39.5 Å². The van der Waals surface area contributed by atoms with Crippen molar-refractivity contribution < 1.29 is 9.53 Å². The molecule has 2 heterocycles. The van der Waals surface area contributed by atoms with Crippen LogP contribution in [-0.2, 0) is 9.53 Å². The van der Waals surface area contributed by atoms with Gasteiger partial charge in [-0.3, -0.25) is 9.78 Å². The van der Waals surface area contributed by atoms with E-state index in [1.54, 1.807) is 18.6 Å². The van der Waals surface area contributed by atoms with Gasteiger partial charge in [-0.1, -0.05) is 6.08 Å². The summed E-state index contributed by atoms with van der Waals surface area (Å²) in [6.45, 7) is 9.26.